The summed E-state index contributed by atoms with van der Waals surface area (Å²) in [5.74, 6) is 1.89. The quantitative estimate of drug-likeness (QED) is 0.686. The van der Waals surface area contributed by atoms with Crippen LogP contribution in [0.1, 0.15) is 59.3 Å². The molecule has 1 saturated carbocycles. The zero-order valence-corrected chi connectivity index (χ0v) is 10.2. The standard InChI is InChI=1S/C13H27N/c1-4-7-11(3)12-8-6-9-13(12)14-10-5-2/h11-14H,4-10H2,1-3H3. The Kier molecular flexibility index (Phi) is 5.54. The topological polar surface area (TPSA) is 12.0 Å². The van der Waals surface area contributed by atoms with Gasteiger partial charge in [0.25, 0.3) is 0 Å². The van der Waals surface area contributed by atoms with Crippen LogP contribution in [0.3, 0.4) is 0 Å². The van der Waals surface area contributed by atoms with E-state index in [0.29, 0.717) is 0 Å². The molecule has 1 aliphatic carbocycles. The predicted octanol–water partition coefficient (Wildman–Crippen LogP) is 3.59. The normalized spacial score (nSPS) is 29.4. The molecular weight excluding hydrogens is 170 g/mol. The molecule has 1 heteroatoms. The summed E-state index contributed by atoms with van der Waals surface area (Å²) >= 11 is 0. The van der Waals surface area contributed by atoms with Crippen molar-refractivity contribution < 1.29 is 0 Å². The Bertz CT molecular complexity index is 144. The minimum atomic E-state index is 0.830. The molecule has 0 amide bonds. The third kappa shape index (κ3) is 3.27. The van der Waals surface area contributed by atoms with Crippen molar-refractivity contribution in [1.82, 2.24) is 5.32 Å². The van der Waals surface area contributed by atoms with Crippen molar-refractivity contribution >= 4 is 0 Å². The summed E-state index contributed by atoms with van der Waals surface area (Å²) in [6.07, 6.45) is 8.35. The van der Waals surface area contributed by atoms with E-state index in [9.17, 15) is 0 Å². The van der Waals surface area contributed by atoms with Gasteiger partial charge in [-0.25, -0.2) is 0 Å². The zero-order valence-electron chi connectivity index (χ0n) is 10.2. The summed E-state index contributed by atoms with van der Waals surface area (Å²) in [6, 6.07) is 0.830. The maximum Gasteiger partial charge on any atom is 0.00978 e. The molecule has 0 aromatic carbocycles. The molecule has 3 unspecified atom stereocenters. The highest BCUT2D eigenvalue weighted by atomic mass is 14.9. The first kappa shape index (κ1) is 12.0. The van der Waals surface area contributed by atoms with E-state index in [1.54, 1.807) is 0 Å². The number of rotatable bonds is 6. The molecule has 84 valence electrons. The Morgan fingerprint density at radius 1 is 1.21 bits per heavy atom. The van der Waals surface area contributed by atoms with Gasteiger partial charge < -0.3 is 5.32 Å². The van der Waals surface area contributed by atoms with E-state index in [4.69, 9.17) is 0 Å². The lowest BCUT2D eigenvalue weighted by Crippen LogP contribution is -2.35. The Morgan fingerprint density at radius 3 is 2.64 bits per heavy atom. The third-order valence-electron chi connectivity index (χ3n) is 3.70. The average molecular weight is 197 g/mol. The fourth-order valence-electron chi connectivity index (χ4n) is 2.92. The predicted molar refractivity (Wildman–Crippen MR) is 63.5 cm³/mol. The highest BCUT2D eigenvalue weighted by Gasteiger charge is 2.30. The summed E-state index contributed by atoms with van der Waals surface area (Å²) in [4.78, 5) is 0. The Morgan fingerprint density at radius 2 is 2.00 bits per heavy atom. The lowest BCUT2D eigenvalue weighted by atomic mass is 9.86. The van der Waals surface area contributed by atoms with E-state index in [-0.39, 0.29) is 0 Å². The van der Waals surface area contributed by atoms with Gasteiger partial charge in [-0.15, -0.1) is 0 Å². The molecule has 0 heterocycles. The summed E-state index contributed by atoms with van der Waals surface area (Å²) < 4.78 is 0. The van der Waals surface area contributed by atoms with Crippen molar-refractivity contribution in [2.45, 2.75) is 65.3 Å². The Labute approximate surface area is 89.7 Å². The van der Waals surface area contributed by atoms with E-state index in [1.165, 1.54) is 45.1 Å². The summed E-state index contributed by atoms with van der Waals surface area (Å²) in [5, 5.41) is 3.72. The lowest BCUT2D eigenvalue weighted by molar-refractivity contribution is 0.281. The largest absolute Gasteiger partial charge is 0.314 e. The first-order valence-electron chi connectivity index (χ1n) is 6.53. The molecule has 14 heavy (non-hydrogen) atoms. The van der Waals surface area contributed by atoms with Crippen molar-refractivity contribution in [1.29, 1.82) is 0 Å². The molecule has 1 rings (SSSR count). The maximum absolute atomic E-state index is 3.72. The lowest BCUT2D eigenvalue weighted by Gasteiger charge is -2.26. The first-order chi connectivity index (χ1) is 6.79. The Balaban J connectivity index is 2.33. The molecule has 0 bridgehead atoms. The van der Waals surface area contributed by atoms with Gasteiger partial charge in [-0.1, -0.05) is 40.0 Å². The average Bonchev–Trinajstić information content (AvgIpc) is 2.63. The van der Waals surface area contributed by atoms with Gasteiger partial charge in [0, 0.05) is 6.04 Å². The second-order valence-electron chi connectivity index (χ2n) is 4.92. The summed E-state index contributed by atoms with van der Waals surface area (Å²) in [6.45, 7) is 8.21. The van der Waals surface area contributed by atoms with Gasteiger partial charge in [-0.2, -0.15) is 0 Å². The van der Waals surface area contributed by atoms with Crippen molar-refractivity contribution in [3.63, 3.8) is 0 Å². The molecule has 1 fully saturated rings. The summed E-state index contributed by atoms with van der Waals surface area (Å²) in [7, 11) is 0. The minimum absolute atomic E-state index is 0.830. The monoisotopic (exact) mass is 197 g/mol. The SMILES string of the molecule is CCCNC1CCCC1C(C)CCC. The molecule has 0 aromatic heterocycles. The van der Waals surface area contributed by atoms with E-state index in [0.717, 1.165) is 17.9 Å². The maximum atomic E-state index is 3.72. The van der Waals surface area contributed by atoms with Crippen LogP contribution in [0.25, 0.3) is 0 Å². The van der Waals surface area contributed by atoms with Gasteiger partial charge in [0.1, 0.15) is 0 Å². The molecule has 1 N–H and O–H groups in total. The van der Waals surface area contributed by atoms with E-state index < -0.39 is 0 Å². The van der Waals surface area contributed by atoms with E-state index >= 15 is 0 Å². The third-order valence-corrected chi connectivity index (χ3v) is 3.70. The highest BCUT2D eigenvalue weighted by molar-refractivity contribution is 4.85. The van der Waals surface area contributed by atoms with Crippen molar-refractivity contribution in [2.75, 3.05) is 6.54 Å². The molecular formula is C13H27N. The first-order valence-corrected chi connectivity index (χ1v) is 6.53. The van der Waals surface area contributed by atoms with Crippen LogP contribution in [0.2, 0.25) is 0 Å². The van der Waals surface area contributed by atoms with Gasteiger partial charge in [0.15, 0.2) is 0 Å². The van der Waals surface area contributed by atoms with Gasteiger partial charge in [-0.3, -0.25) is 0 Å². The fourth-order valence-corrected chi connectivity index (χ4v) is 2.92. The van der Waals surface area contributed by atoms with E-state index in [1.807, 2.05) is 0 Å². The number of hydrogen-bond donors (Lipinski definition) is 1. The van der Waals surface area contributed by atoms with Crippen molar-refractivity contribution in [2.24, 2.45) is 11.8 Å². The van der Waals surface area contributed by atoms with Crippen LogP contribution >= 0.6 is 0 Å². The molecule has 0 aromatic rings. The molecule has 0 saturated heterocycles. The zero-order chi connectivity index (χ0) is 10.4. The van der Waals surface area contributed by atoms with Crippen LogP contribution in [0.5, 0.6) is 0 Å². The number of hydrogen-bond acceptors (Lipinski definition) is 1. The van der Waals surface area contributed by atoms with Crippen LogP contribution in [-0.4, -0.2) is 12.6 Å². The van der Waals surface area contributed by atoms with Crippen LogP contribution in [-0.2, 0) is 0 Å². The van der Waals surface area contributed by atoms with Crippen LogP contribution in [0.15, 0.2) is 0 Å². The second kappa shape index (κ2) is 6.44. The van der Waals surface area contributed by atoms with E-state index in [2.05, 4.69) is 26.1 Å². The molecule has 3 atom stereocenters. The van der Waals surface area contributed by atoms with Crippen LogP contribution in [0.4, 0.5) is 0 Å². The number of nitrogens with one attached hydrogen (secondary N) is 1. The fraction of sp³-hybridized carbons (Fsp3) is 1.00. The second-order valence-corrected chi connectivity index (χ2v) is 4.92. The van der Waals surface area contributed by atoms with Gasteiger partial charge in [0.05, 0.1) is 0 Å². The smallest absolute Gasteiger partial charge is 0.00978 e. The molecule has 0 aliphatic heterocycles. The molecule has 1 nitrogen and oxygen atoms in total. The van der Waals surface area contributed by atoms with Gasteiger partial charge in [-0.05, 0) is 37.6 Å². The van der Waals surface area contributed by atoms with Gasteiger partial charge in [0.2, 0.25) is 0 Å². The van der Waals surface area contributed by atoms with Gasteiger partial charge >= 0.3 is 0 Å². The highest BCUT2D eigenvalue weighted by Crippen LogP contribution is 2.33. The molecule has 0 spiro atoms. The van der Waals surface area contributed by atoms with Crippen LogP contribution in [0, 0.1) is 11.8 Å². The van der Waals surface area contributed by atoms with Crippen molar-refractivity contribution in [3.05, 3.63) is 0 Å². The summed E-state index contributed by atoms with van der Waals surface area (Å²) in [5.41, 5.74) is 0. The van der Waals surface area contributed by atoms with Crippen molar-refractivity contribution in [3.8, 4) is 0 Å². The minimum Gasteiger partial charge on any atom is -0.314 e. The van der Waals surface area contributed by atoms with Crippen LogP contribution < -0.4 is 5.32 Å². The molecule has 1 aliphatic rings. The Hall–Kier alpha value is -0.0400. The molecule has 0 radical (unpaired) electrons.